The van der Waals surface area contributed by atoms with Crippen molar-refractivity contribution < 1.29 is 19.7 Å². The van der Waals surface area contributed by atoms with Gasteiger partial charge in [-0.25, -0.2) is 0 Å². The van der Waals surface area contributed by atoms with Crippen LogP contribution in [0.5, 0.6) is 17.2 Å². The fourth-order valence-electron chi connectivity index (χ4n) is 2.68. The average Bonchev–Trinajstić information content (AvgIpc) is 2.76. The van der Waals surface area contributed by atoms with Gasteiger partial charge in [-0.15, -0.1) is 0 Å². The van der Waals surface area contributed by atoms with E-state index in [2.05, 4.69) is 12.2 Å². The van der Waals surface area contributed by atoms with Crippen LogP contribution in [0.1, 0.15) is 12.5 Å². The number of phenolic OH excluding ortho intramolecular Hbond substituents is 1. The van der Waals surface area contributed by atoms with Gasteiger partial charge in [0.1, 0.15) is 24.6 Å². The molecular formula is C19H23NO4. The molecule has 1 unspecified atom stereocenters. The van der Waals surface area contributed by atoms with Crippen LogP contribution in [0.25, 0.3) is 0 Å². The third-order valence-electron chi connectivity index (χ3n) is 4.10. The normalized spacial score (nSPS) is 17.1. The number of benzene rings is 2. The zero-order valence-corrected chi connectivity index (χ0v) is 13.7. The van der Waals surface area contributed by atoms with E-state index in [4.69, 9.17) is 9.47 Å². The predicted octanol–water partition coefficient (Wildman–Crippen LogP) is 2.12. The molecule has 1 aliphatic heterocycles. The van der Waals surface area contributed by atoms with Gasteiger partial charge < -0.3 is 25.0 Å². The van der Waals surface area contributed by atoms with E-state index in [0.29, 0.717) is 18.0 Å². The van der Waals surface area contributed by atoms with Crippen LogP contribution >= 0.6 is 0 Å². The molecule has 0 aromatic heterocycles. The Morgan fingerprint density at radius 3 is 2.21 bits per heavy atom. The highest BCUT2D eigenvalue weighted by Gasteiger charge is 2.32. The number of para-hydroxylation sites is 2. The van der Waals surface area contributed by atoms with Gasteiger partial charge in [-0.1, -0.05) is 24.3 Å². The molecule has 1 atom stereocenters. The molecule has 0 saturated carbocycles. The zero-order chi connectivity index (χ0) is 17.0. The highest BCUT2D eigenvalue weighted by Crippen LogP contribution is 2.30. The maximum Gasteiger partial charge on any atom is 0.161 e. The van der Waals surface area contributed by atoms with Crippen LogP contribution in [0.2, 0.25) is 0 Å². The fourth-order valence-corrected chi connectivity index (χ4v) is 2.68. The van der Waals surface area contributed by atoms with Gasteiger partial charge in [-0.3, -0.25) is 0 Å². The molecule has 0 aliphatic carbocycles. The van der Waals surface area contributed by atoms with Crippen molar-refractivity contribution in [2.45, 2.75) is 25.0 Å². The second kappa shape index (κ2) is 7.11. The molecule has 0 radical (unpaired) electrons. The van der Waals surface area contributed by atoms with E-state index >= 15 is 0 Å². The highest BCUT2D eigenvalue weighted by molar-refractivity contribution is 5.40. The molecule has 3 rings (SSSR count). The minimum atomic E-state index is -1.08. The Labute approximate surface area is 141 Å². The van der Waals surface area contributed by atoms with Crippen LogP contribution in [0.3, 0.4) is 0 Å². The Hall–Kier alpha value is -2.24. The first-order valence-corrected chi connectivity index (χ1v) is 8.12. The van der Waals surface area contributed by atoms with Gasteiger partial charge in [0.15, 0.2) is 11.5 Å². The molecule has 128 valence electrons. The Kier molecular flexibility index (Phi) is 4.92. The molecule has 0 spiro atoms. The lowest BCUT2D eigenvalue weighted by Gasteiger charge is -2.27. The number of nitrogens with one attached hydrogen (secondary N) is 1. The number of aromatic hydroxyl groups is 1. The minimum absolute atomic E-state index is 0.171. The largest absolute Gasteiger partial charge is 0.508 e. The van der Waals surface area contributed by atoms with Gasteiger partial charge in [-0.2, -0.15) is 0 Å². The van der Waals surface area contributed by atoms with E-state index in [1.165, 1.54) is 0 Å². The van der Waals surface area contributed by atoms with Crippen molar-refractivity contribution in [1.82, 2.24) is 5.32 Å². The summed E-state index contributed by atoms with van der Waals surface area (Å²) in [5.41, 5.74) is 0.0444. The van der Waals surface area contributed by atoms with Crippen LogP contribution in [0.4, 0.5) is 0 Å². The van der Waals surface area contributed by atoms with Crippen LogP contribution < -0.4 is 14.8 Å². The number of fused-ring (bicyclic) bond motifs is 1. The van der Waals surface area contributed by atoms with Crippen molar-refractivity contribution in [3.05, 3.63) is 54.1 Å². The first-order valence-electron chi connectivity index (χ1n) is 8.12. The van der Waals surface area contributed by atoms with Gasteiger partial charge in [0, 0.05) is 12.6 Å². The van der Waals surface area contributed by atoms with E-state index in [9.17, 15) is 10.2 Å². The molecule has 3 N–H and O–H groups in total. The lowest BCUT2D eigenvalue weighted by Crippen LogP contribution is -2.51. The summed E-state index contributed by atoms with van der Waals surface area (Å²) < 4.78 is 11.4. The van der Waals surface area contributed by atoms with E-state index in [1.54, 1.807) is 12.1 Å². The lowest BCUT2D eigenvalue weighted by molar-refractivity contribution is -0.0280. The number of rotatable bonds is 5. The van der Waals surface area contributed by atoms with E-state index in [1.807, 2.05) is 36.4 Å². The maximum atomic E-state index is 10.7. The molecule has 1 aliphatic rings. The summed E-state index contributed by atoms with van der Waals surface area (Å²) in [6, 6.07) is 14.8. The Morgan fingerprint density at radius 1 is 1.04 bits per heavy atom. The molecule has 0 saturated heterocycles. The van der Waals surface area contributed by atoms with Crippen molar-refractivity contribution >= 4 is 0 Å². The molecule has 0 bridgehead atoms. The van der Waals surface area contributed by atoms with E-state index in [-0.39, 0.29) is 25.0 Å². The third-order valence-corrected chi connectivity index (χ3v) is 4.10. The topological polar surface area (TPSA) is 71.0 Å². The van der Waals surface area contributed by atoms with Gasteiger partial charge in [-0.05, 0) is 43.2 Å². The Balaban J connectivity index is 1.53. The molecule has 0 fully saturated rings. The van der Waals surface area contributed by atoms with E-state index in [0.717, 1.165) is 12.0 Å². The van der Waals surface area contributed by atoms with Gasteiger partial charge in [0.2, 0.25) is 0 Å². The molecule has 2 aromatic rings. The number of aliphatic hydroxyl groups is 1. The SMILES string of the molecule is CC(Cc1ccc(O)cc1)NCC1(O)COc2ccccc2OC1. The first kappa shape index (κ1) is 16.6. The van der Waals surface area contributed by atoms with Gasteiger partial charge in [0.05, 0.1) is 0 Å². The molecule has 24 heavy (non-hydrogen) atoms. The van der Waals surface area contributed by atoms with Crippen LogP contribution in [-0.4, -0.2) is 41.6 Å². The summed E-state index contributed by atoms with van der Waals surface area (Å²) in [5, 5.41) is 23.4. The Bertz CT molecular complexity index is 644. The van der Waals surface area contributed by atoms with E-state index < -0.39 is 5.60 Å². The second-order valence-corrected chi connectivity index (χ2v) is 6.40. The van der Waals surface area contributed by atoms with Crippen molar-refractivity contribution in [1.29, 1.82) is 0 Å². The molecular weight excluding hydrogens is 306 g/mol. The Morgan fingerprint density at radius 2 is 1.62 bits per heavy atom. The van der Waals surface area contributed by atoms with Crippen molar-refractivity contribution in [3.63, 3.8) is 0 Å². The molecule has 0 amide bonds. The first-order chi connectivity index (χ1) is 11.5. The third kappa shape index (κ3) is 4.19. The number of hydrogen-bond donors (Lipinski definition) is 3. The number of ether oxygens (including phenoxy) is 2. The van der Waals surface area contributed by atoms with Crippen molar-refractivity contribution in [3.8, 4) is 17.2 Å². The molecule has 5 heteroatoms. The summed E-state index contributed by atoms with van der Waals surface area (Å²) in [6.45, 7) is 2.80. The summed E-state index contributed by atoms with van der Waals surface area (Å²) in [4.78, 5) is 0. The average molecular weight is 329 g/mol. The molecule has 1 heterocycles. The smallest absolute Gasteiger partial charge is 0.161 e. The monoisotopic (exact) mass is 329 g/mol. The van der Waals surface area contributed by atoms with Crippen LogP contribution in [0, 0.1) is 0 Å². The quantitative estimate of drug-likeness (QED) is 0.784. The maximum absolute atomic E-state index is 10.7. The second-order valence-electron chi connectivity index (χ2n) is 6.40. The predicted molar refractivity (Wildman–Crippen MR) is 91.7 cm³/mol. The zero-order valence-electron chi connectivity index (χ0n) is 13.7. The number of phenols is 1. The van der Waals surface area contributed by atoms with Gasteiger partial charge in [0.25, 0.3) is 0 Å². The highest BCUT2D eigenvalue weighted by atomic mass is 16.6. The van der Waals surface area contributed by atoms with Gasteiger partial charge >= 0.3 is 0 Å². The fraction of sp³-hybridized carbons (Fsp3) is 0.368. The van der Waals surface area contributed by atoms with Crippen LogP contribution in [0.15, 0.2) is 48.5 Å². The van der Waals surface area contributed by atoms with Crippen LogP contribution in [-0.2, 0) is 6.42 Å². The summed E-state index contributed by atoms with van der Waals surface area (Å²) in [6.07, 6.45) is 0.804. The summed E-state index contributed by atoms with van der Waals surface area (Å²) >= 11 is 0. The minimum Gasteiger partial charge on any atom is -0.508 e. The molecule has 5 nitrogen and oxygen atoms in total. The lowest BCUT2D eigenvalue weighted by atomic mass is 10.0. The standard InChI is InChI=1S/C19H23NO4/c1-14(10-15-6-8-16(21)9-7-15)20-11-19(22)12-23-17-4-2-3-5-18(17)24-13-19/h2-9,14,20-22H,10-13H2,1H3. The summed E-state index contributed by atoms with van der Waals surface area (Å²) in [5.74, 6) is 1.58. The van der Waals surface area contributed by atoms with Crippen molar-refractivity contribution in [2.24, 2.45) is 0 Å². The summed E-state index contributed by atoms with van der Waals surface area (Å²) in [7, 11) is 0. The van der Waals surface area contributed by atoms with Crippen molar-refractivity contribution in [2.75, 3.05) is 19.8 Å². The number of hydrogen-bond acceptors (Lipinski definition) is 5. The molecule has 2 aromatic carbocycles.